The van der Waals surface area contributed by atoms with Gasteiger partial charge in [-0.1, -0.05) is 6.08 Å². The van der Waals surface area contributed by atoms with E-state index in [2.05, 4.69) is 18.8 Å². The van der Waals surface area contributed by atoms with Gasteiger partial charge in [0.15, 0.2) is 0 Å². The lowest BCUT2D eigenvalue weighted by atomic mass is 9.82. The topological polar surface area (TPSA) is 32.3 Å². The van der Waals surface area contributed by atoms with Crippen LogP contribution in [0.25, 0.3) is 0 Å². The minimum absolute atomic E-state index is 0.0183. The van der Waals surface area contributed by atoms with Crippen molar-refractivity contribution in [3.63, 3.8) is 0 Å². The quantitative estimate of drug-likeness (QED) is 0.614. The Kier molecular flexibility index (Phi) is 4.46. The van der Waals surface area contributed by atoms with Gasteiger partial charge in [-0.05, 0) is 45.1 Å². The third-order valence-corrected chi connectivity index (χ3v) is 2.77. The van der Waals surface area contributed by atoms with Crippen molar-refractivity contribution in [2.45, 2.75) is 44.8 Å². The molecule has 1 saturated carbocycles. The summed E-state index contributed by atoms with van der Waals surface area (Å²) >= 11 is 0. The lowest BCUT2D eigenvalue weighted by Gasteiger charge is -2.32. The molecule has 2 N–H and O–H groups in total. The SMILES string of the molecule is C=CCCC(C)NCC1CC(O)C1. The molecular formula is C11H21NO. The molecule has 0 spiro atoms. The summed E-state index contributed by atoms with van der Waals surface area (Å²) in [6.07, 6.45) is 6.17. The average molecular weight is 183 g/mol. The molecule has 0 aromatic rings. The zero-order chi connectivity index (χ0) is 9.68. The molecule has 0 aliphatic heterocycles. The van der Waals surface area contributed by atoms with E-state index in [4.69, 9.17) is 5.11 Å². The molecule has 0 radical (unpaired) electrons. The second-order valence-corrected chi connectivity index (χ2v) is 4.17. The van der Waals surface area contributed by atoms with Crippen molar-refractivity contribution in [3.8, 4) is 0 Å². The number of allylic oxidation sites excluding steroid dienone is 1. The van der Waals surface area contributed by atoms with Gasteiger partial charge in [-0.15, -0.1) is 6.58 Å². The predicted octanol–water partition coefficient (Wildman–Crippen LogP) is 1.70. The van der Waals surface area contributed by atoms with Crippen LogP contribution in [-0.4, -0.2) is 23.8 Å². The Morgan fingerprint density at radius 1 is 1.62 bits per heavy atom. The summed E-state index contributed by atoms with van der Waals surface area (Å²) in [7, 11) is 0. The van der Waals surface area contributed by atoms with Gasteiger partial charge in [-0.3, -0.25) is 0 Å². The first-order chi connectivity index (χ1) is 6.22. The monoisotopic (exact) mass is 183 g/mol. The Balaban J connectivity index is 1.95. The zero-order valence-corrected chi connectivity index (χ0v) is 8.50. The van der Waals surface area contributed by atoms with Crippen LogP contribution in [0.1, 0.15) is 32.6 Å². The number of hydrogen-bond acceptors (Lipinski definition) is 2. The molecule has 1 aliphatic carbocycles. The minimum atomic E-state index is -0.0183. The summed E-state index contributed by atoms with van der Waals surface area (Å²) in [6.45, 7) is 6.98. The van der Waals surface area contributed by atoms with Gasteiger partial charge in [-0.25, -0.2) is 0 Å². The van der Waals surface area contributed by atoms with Crippen LogP contribution in [0.2, 0.25) is 0 Å². The molecule has 2 nitrogen and oxygen atoms in total. The van der Waals surface area contributed by atoms with Gasteiger partial charge in [0.1, 0.15) is 0 Å². The summed E-state index contributed by atoms with van der Waals surface area (Å²) in [5.41, 5.74) is 0. The van der Waals surface area contributed by atoms with E-state index in [1.807, 2.05) is 6.08 Å². The van der Waals surface area contributed by atoms with E-state index in [1.54, 1.807) is 0 Å². The van der Waals surface area contributed by atoms with E-state index < -0.39 is 0 Å². The van der Waals surface area contributed by atoms with Gasteiger partial charge in [-0.2, -0.15) is 0 Å². The van der Waals surface area contributed by atoms with Crippen molar-refractivity contribution < 1.29 is 5.11 Å². The van der Waals surface area contributed by atoms with Crippen LogP contribution >= 0.6 is 0 Å². The number of aliphatic hydroxyl groups is 1. The van der Waals surface area contributed by atoms with Crippen LogP contribution in [0.5, 0.6) is 0 Å². The molecular weight excluding hydrogens is 162 g/mol. The maximum Gasteiger partial charge on any atom is 0.0546 e. The molecule has 1 fully saturated rings. The molecule has 0 aromatic heterocycles. The molecule has 0 amide bonds. The summed E-state index contributed by atoms with van der Waals surface area (Å²) in [5.74, 6) is 0.709. The van der Waals surface area contributed by atoms with Gasteiger partial charge in [0, 0.05) is 6.04 Å². The van der Waals surface area contributed by atoms with Gasteiger partial charge in [0.05, 0.1) is 6.10 Å². The molecule has 0 bridgehead atoms. The number of nitrogens with one attached hydrogen (secondary N) is 1. The second-order valence-electron chi connectivity index (χ2n) is 4.17. The molecule has 2 heteroatoms. The van der Waals surface area contributed by atoms with Crippen molar-refractivity contribution in [2.75, 3.05) is 6.54 Å². The van der Waals surface area contributed by atoms with E-state index in [-0.39, 0.29) is 6.10 Å². The maximum absolute atomic E-state index is 9.08. The summed E-state index contributed by atoms with van der Waals surface area (Å²) < 4.78 is 0. The second kappa shape index (κ2) is 5.40. The van der Waals surface area contributed by atoms with E-state index in [0.717, 1.165) is 25.8 Å². The van der Waals surface area contributed by atoms with E-state index >= 15 is 0 Å². The van der Waals surface area contributed by atoms with Gasteiger partial charge in [0.2, 0.25) is 0 Å². The Bertz CT molecular complexity index is 152. The third-order valence-electron chi connectivity index (χ3n) is 2.77. The lowest BCUT2D eigenvalue weighted by molar-refractivity contribution is 0.0420. The van der Waals surface area contributed by atoms with Crippen LogP contribution in [-0.2, 0) is 0 Å². The van der Waals surface area contributed by atoms with Crippen molar-refractivity contribution >= 4 is 0 Å². The van der Waals surface area contributed by atoms with E-state index in [1.165, 1.54) is 6.42 Å². The molecule has 1 atom stereocenters. The van der Waals surface area contributed by atoms with Crippen LogP contribution < -0.4 is 5.32 Å². The molecule has 0 aromatic carbocycles. The van der Waals surface area contributed by atoms with Crippen molar-refractivity contribution in [1.82, 2.24) is 5.32 Å². The van der Waals surface area contributed by atoms with Crippen molar-refractivity contribution in [3.05, 3.63) is 12.7 Å². The Hall–Kier alpha value is -0.340. The minimum Gasteiger partial charge on any atom is -0.393 e. The highest BCUT2D eigenvalue weighted by molar-refractivity contribution is 4.81. The molecule has 1 aliphatic rings. The van der Waals surface area contributed by atoms with Crippen molar-refractivity contribution in [2.24, 2.45) is 5.92 Å². The first-order valence-electron chi connectivity index (χ1n) is 5.24. The maximum atomic E-state index is 9.08. The molecule has 13 heavy (non-hydrogen) atoms. The van der Waals surface area contributed by atoms with Crippen LogP contribution in [0.3, 0.4) is 0 Å². The molecule has 0 saturated heterocycles. The number of hydrogen-bond donors (Lipinski definition) is 2. The fraction of sp³-hybridized carbons (Fsp3) is 0.818. The fourth-order valence-corrected chi connectivity index (χ4v) is 1.70. The van der Waals surface area contributed by atoms with Crippen LogP contribution in [0.4, 0.5) is 0 Å². The average Bonchev–Trinajstić information content (AvgIpc) is 2.07. The van der Waals surface area contributed by atoms with Gasteiger partial charge < -0.3 is 10.4 Å². The molecule has 76 valence electrons. The number of rotatable bonds is 6. The van der Waals surface area contributed by atoms with Gasteiger partial charge >= 0.3 is 0 Å². The summed E-state index contributed by atoms with van der Waals surface area (Å²) in [5, 5.41) is 12.6. The number of aliphatic hydroxyl groups excluding tert-OH is 1. The van der Waals surface area contributed by atoms with E-state index in [0.29, 0.717) is 12.0 Å². The lowest BCUT2D eigenvalue weighted by Crippen LogP contribution is -2.39. The molecule has 1 unspecified atom stereocenters. The Morgan fingerprint density at radius 3 is 2.85 bits per heavy atom. The zero-order valence-electron chi connectivity index (χ0n) is 8.50. The first-order valence-corrected chi connectivity index (χ1v) is 5.24. The van der Waals surface area contributed by atoms with Crippen LogP contribution in [0, 0.1) is 5.92 Å². The fourth-order valence-electron chi connectivity index (χ4n) is 1.70. The normalized spacial score (nSPS) is 29.4. The van der Waals surface area contributed by atoms with E-state index in [9.17, 15) is 0 Å². The molecule has 0 heterocycles. The Morgan fingerprint density at radius 2 is 2.31 bits per heavy atom. The standard InChI is InChI=1S/C11H21NO/c1-3-4-5-9(2)12-8-10-6-11(13)7-10/h3,9-13H,1,4-8H2,2H3. The predicted molar refractivity (Wildman–Crippen MR) is 55.6 cm³/mol. The van der Waals surface area contributed by atoms with Gasteiger partial charge in [0.25, 0.3) is 0 Å². The highest BCUT2D eigenvalue weighted by Gasteiger charge is 2.26. The molecule has 1 rings (SSSR count). The largest absolute Gasteiger partial charge is 0.393 e. The first kappa shape index (κ1) is 10.7. The highest BCUT2D eigenvalue weighted by atomic mass is 16.3. The van der Waals surface area contributed by atoms with Crippen molar-refractivity contribution in [1.29, 1.82) is 0 Å². The smallest absolute Gasteiger partial charge is 0.0546 e. The summed E-state index contributed by atoms with van der Waals surface area (Å²) in [6, 6.07) is 0.579. The Labute approximate surface area is 81.0 Å². The summed E-state index contributed by atoms with van der Waals surface area (Å²) in [4.78, 5) is 0. The third kappa shape index (κ3) is 3.92. The highest BCUT2D eigenvalue weighted by Crippen LogP contribution is 2.26. The van der Waals surface area contributed by atoms with Crippen LogP contribution in [0.15, 0.2) is 12.7 Å².